The molecule has 2 aromatic carbocycles. The van der Waals surface area contributed by atoms with E-state index in [4.69, 9.17) is 14.2 Å². The zero-order valence-corrected chi connectivity index (χ0v) is 19.0. The van der Waals surface area contributed by atoms with Crippen molar-refractivity contribution in [3.63, 3.8) is 0 Å². The fraction of sp³-hybridized carbons (Fsp3) is 0.348. The molecule has 0 radical (unpaired) electrons. The Morgan fingerprint density at radius 3 is 2.28 bits per heavy atom. The van der Waals surface area contributed by atoms with E-state index >= 15 is 0 Å². The molecule has 0 atom stereocenters. The topological polar surface area (TPSA) is 107 Å². The summed E-state index contributed by atoms with van der Waals surface area (Å²) < 4.78 is 16.1. The first kappa shape index (κ1) is 23.1. The minimum absolute atomic E-state index is 0.263. The number of nitrogens with one attached hydrogen (secondary N) is 3. The van der Waals surface area contributed by atoms with E-state index < -0.39 is 0 Å². The number of rotatable bonds is 9. The van der Waals surface area contributed by atoms with Crippen molar-refractivity contribution in [2.45, 2.75) is 25.9 Å². The van der Waals surface area contributed by atoms with Crippen molar-refractivity contribution in [3.8, 4) is 11.5 Å². The molecular formula is C23H29N5O4. The predicted octanol–water partition coefficient (Wildman–Crippen LogP) is 4.33. The van der Waals surface area contributed by atoms with Gasteiger partial charge in [0.05, 0.1) is 25.3 Å². The highest BCUT2D eigenvalue weighted by Gasteiger charge is 2.16. The molecule has 0 unspecified atom stereocenters. The van der Waals surface area contributed by atoms with E-state index in [1.165, 1.54) is 6.33 Å². The number of nitrogens with zero attached hydrogens (tertiary/aromatic N) is 2. The van der Waals surface area contributed by atoms with Crippen LogP contribution in [0.4, 0.5) is 22.0 Å². The first-order valence-electron chi connectivity index (χ1n) is 10.2. The van der Waals surface area contributed by atoms with Crippen LogP contribution in [0.25, 0.3) is 10.9 Å². The lowest BCUT2D eigenvalue weighted by atomic mass is 10.1. The molecule has 0 spiro atoms. The number of anilines is 3. The molecule has 32 heavy (non-hydrogen) atoms. The van der Waals surface area contributed by atoms with E-state index in [0.29, 0.717) is 36.0 Å². The van der Waals surface area contributed by atoms with E-state index in [2.05, 4.69) is 25.9 Å². The first-order valence-corrected chi connectivity index (χ1v) is 10.2. The SMILES string of the molecule is COc1cc2ncnc(Nc3ccc(NC(=O)NCCC(C)(C)OC)cc3)c2cc1OC. The van der Waals surface area contributed by atoms with E-state index in [1.54, 1.807) is 27.4 Å². The lowest BCUT2D eigenvalue weighted by Gasteiger charge is -2.22. The second-order valence-corrected chi connectivity index (χ2v) is 7.74. The van der Waals surface area contributed by atoms with Crippen LogP contribution in [0.2, 0.25) is 0 Å². The van der Waals surface area contributed by atoms with Gasteiger partial charge in [0.15, 0.2) is 11.5 Å². The number of benzene rings is 2. The highest BCUT2D eigenvalue weighted by Crippen LogP contribution is 2.34. The summed E-state index contributed by atoms with van der Waals surface area (Å²) in [5.41, 5.74) is 1.94. The summed E-state index contributed by atoms with van der Waals surface area (Å²) in [6.07, 6.45) is 2.20. The summed E-state index contributed by atoms with van der Waals surface area (Å²) in [5, 5.41) is 9.73. The van der Waals surface area contributed by atoms with Crippen LogP contribution < -0.4 is 25.4 Å². The smallest absolute Gasteiger partial charge is 0.319 e. The second kappa shape index (κ2) is 10.1. The summed E-state index contributed by atoms with van der Waals surface area (Å²) in [6, 6.07) is 10.7. The molecule has 0 fully saturated rings. The number of aromatic nitrogens is 2. The minimum Gasteiger partial charge on any atom is -0.493 e. The lowest BCUT2D eigenvalue weighted by Crippen LogP contribution is -2.34. The van der Waals surface area contributed by atoms with Gasteiger partial charge in [-0.3, -0.25) is 0 Å². The molecule has 2 amide bonds. The lowest BCUT2D eigenvalue weighted by molar-refractivity contribution is 0.0165. The Balaban J connectivity index is 1.66. The Morgan fingerprint density at radius 2 is 1.62 bits per heavy atom. The maximum absolute atomic E-state index is 12.1. The zero-order chi connectivity index (χ0) is 23.1. The average Bonchev–Trinajstić information content (AvgIpc) is 2.79. The van der Waals surface area contributed by atoms with Gasteiger partial charge in [0.25, 0.3) is 0 Å². The van der Waals surface area contributed by atoms with Gasteiger partial charge in [-0.1, -0.05) is 0 Å². The predicted molar refractivity (Wildman–Crippen MR) is 125 cm³/mol. The number of urea groups is 1. The number of amides is 2. The fourth-order valence-corrected chi connectivity index (χ4v) is 3.01. The highest BCUT2D eigenvalue weighted by atomic mass is 16.5. The summed E-state index contributed by atoms with van der Waals surface area (Å²) in [4.78, 5) is 20.8. The van der Waals surface area contributed by atoms with Gasteiger partial charge in [-0.05, 0) is 50.6 Å². The van der Waals surface area contributed by atoms with Crippen molar-refractivity contribution in [3.05, 3.63) is 42.7 Å². The van der Waals surface area contributed by atoms with Crippen LogP contribution in [0, 0.1) is 0 Å². The molecular weight excluding hydrogens is 410 g/mol. The van der Waals surface area contributed by atoms with Gasteiger partial charge >= 0.3 is 6.03 Å². The number of hydrogen-bond donors (Lipinski definition) is 3. The van der Waals surface area contributed by atoms with Crippen LogP contribution in [-0.4, -0.2) is 49.5 Å². The number of carbonyl (C=O) groups excluding carboxylic acids is 1. The van der Waals surface area contributed by atoms with Crippen molar-refractivity contribution >= 4 is 34.1 Å². The Hall–Kier alpha value is -3.59. The van der Waals surface area contributed by atoms with Crippen molar-refractivity contribution in [1.29, 1.82) is 0 Å². The highest BCUT2D eigenvalue weighted by molar-refractivity contribution is 5.93. The van der Waals surface area contributed by atoms with Crippen molar-refractivity contribution in [1.82, 2.24) is 15.3 Å². The molecule has 9 heteroatoms. The Kier molecular flexibility index (Phi) is 7.32. The van der Waals surface area contributed by atoms with Gasteiger partial charge in [-0.2, -0.15) is 0 Å². The fourth-order valence-electron chi connectivity index (χ4n) is 3.01. The molecule has 3 aromatic rings. The minimum atomic E-state index is -0.277. The summed E-state index contributed by atoms with van der Waals surface area (Å²) >= 11 is 0. The van der Waals surface area contributed by atoms with Gasteiger partial charge in [0.1, 0.15) is 12.1 Å². The molecule has 9 nitrogen and oxygen atoms in total. The molecule has 3 N–H and O–H groups in total. The molecule has 0 bridgehead atoms. The van der Waals surface area contributed by atoms with Crippen LogP contribution in [0.5, 0.6) is 11.5 Å². The summed E-state index contributed by atoms with van der Waals surface area (Å²) in [6.45, 7) is 4.47. The molecule has 0 saturated carbocycles. The van der Waals surface area contributed by atoms with Gasteiger partial charge in [-0.25, -0.2) is 14.8 Å². The summed E-state index contributed by atoms with van der Waals surface area (Å²) in [5.74, 6) is 1.83. The first-order chi connectivity index (χ1) is 15.3. The van der Waals surface area contributed by atoms with E-state index in [0.717, 1.165) is 16.6 Å². The van der Waals surface area contributed by atoms with Crippen LogP contribution in [0.1, 0.15) is 20.3 Å². The van der Waals surface area contributed by atoms with E-state index in [-0.39, 0.29) is 11.6 Å². The number of methoxy groups -OCH3 is 3. The molecule has 0 saturated heterocycles. The molecule has 3 rings (SSSR count). The van der Waals surface area contributed by atoms with Gasteiger partial charge in [-0.15, -0.1) is 0 Å². The second-order valence-electron chi connectivity index (χ2n) is 7.74. The molecule has 1 aromatic heterocycles. The Bertz CT molecular complexity index is 1070. The van der Waals surface area contributed by atoms with Crippen LogP contribution in [-0.2, 0) is 4.74 Å². The molecule has 0 aliphatic heterocycles. The largest absolute Gasteiger partial charge is 0.493 e. The molecule has 0 aliphatic carbocycles. The third kappa shape index (κ3) is 5.76. The van der Waals surface area contributed by atoms with Crippen LogP contribution in [0.3, 0.4) is 0 Å². The Morgan fingerprint density at radius 1 is 0.969 bits per heavy atom. The monoisotopic (exact) mass is 439 g/mol. The number of carbonyl (C=O) groups is 1. The van der Waals surface area contributed by atoms with Gasteiger partial charge in [0, 0.05) is 36.5 Å². The van der Waals surface area contributed by atoms with Crippen LogP contribution in [0.15, 0.2) is 42.7 Å². The van der Waals surface area contributed by atoms with E-state index in [1.807, 2.05) is 44.2 Å². The zero-order valence-electron chi connectivity index (χ0n) is 19.0. The standard InChI is InChI=1S/C23H29N5O4/c1-23(2,32-5)10-11-24-22(29)28-16-8-6-15(7-9-16)27-21-17-12-19(30-3)20(31-4)13-18(17)25-14-26-21/h6-9,12-14H,10-11H2,1-5H3,(H2,24,28,29)(H,25,26,27). The quantitative estimate of drug-likeness (QED) is 0.456. The van der Waals surface area contributed by atoms with Gasteiger partial charge in [0.2, 0.25) is 0 Å². The normalized spacial score (nSPS) is 11.2. The maximum Gasteiger partial charge on any atom is 0.319 e. The third-order valence-electron chi connectivity index (χ3n) is 5.11. The molecule has 1 heterocycles. The maximum atomic E-state index is 12.1. The average molecular weight is 440 g/mol. The Labute approximate surface area is 187 Å². The van der Waals surface area contributed by atoms with Crippen molar-refractivity contribution in [2.75, 3.05) is 38.5 Å². The summed E-state index contributed by atoms with van der Waals surface area (Å²) in [7, 11) is 4.83. The van der Waals surface area contributed by atoms with Gasteiger partial charge < -0.3 is 30.2 Å². The molecule has 0 aliphatic rings. The number of ether oxygens (including phenoxy) is 3. The third-order valence-corrected chi connectivity index (χ3v) is 5.11. The number of hydrogen-bond acceptors (Lipinski definition) is 7. The molecule has 170 valence electrons. The van der Waals surface area contributed by atoms with Crippen molar-refractivity contribution < 1.29 is 19.0 Å². The number of fused-ring (bicyclic) bond motifs is 1. The van der Waals surface area contributed by atoms with E-state index in [9.17, 15) is 4.79 Å². The van der Waals surface area contributed by atoms with Crippen molar-refractivity contribution in [2.24, 2.45) is 0 Å². The van der Waals surface area contributed by atoms with Crippen LogP contribution >= 0.6 is 0 Å².